The average molecular weight is 346 g/mol. The molecule has 0 bridgehead atoms. The molecule has 0 saturated heterocycles. The van der Waals surface area contributed by atoms with Crippen LogP contribution >= 0.6 is 11.3 Å². The number of halogens is 3. The summed E-state index contributed by atoms with van der Waals surface area (Å²) in [4.78, 5) is 11.9. The maximum Gasteiger partial charge on any atom is 0.411 e. The van der Waals surface area contributed by atoms with E-state index in [0.717, 1.165) is 11.3 Å². The van der Waals surface area contributed by atoms with Gasteiger partial charge in [-0.3, -0.25) is 4.79 Å². The molecular formula is C10H13F3N2O4S2. The topological polar surface area (TPSA) is 98.5 Å². The van der Waals surface area contributed by atoms with Gasteiger partial charge < -0.3 is 10.1 Å². The maximum atomic E-state index is 11.8. The van der Waals surface area contributed by atoms with Crippen molar-refractivity contribution in [3.63, 3.8) is 0 Å². The van der Waals surface area contributed by atoms with Crippen LogP contribution in [-0.4, -0.2) is 33.7 Å². The molecule has 1 atom stereocenters. The Bertz CT molecular complexity index is 598. The van der Waals surface area contributed by atoms with Gasteiger partial charge in [0.05, 0.1) is 6.04 Å². The molecule has 1 rings (SSSR count). The number of carbonyl (C=O) groups is 1. The SMILES string of the molecule is CC(NC(=O)COCC(F)(F)F)c1ccc(S(N)(=O)=O)s1. The summed E-state index contributed by atoms with van der Waals surface area (Å²) in [6, 6.07) is 2.18. The molecule has 1 amide bonds. The molecule has 0 aliphatic carbocycles. The molecule has 0 aromatic carbocycles. The molecule has 11 heteroatoms. The van der Waals surface area contributed by atoms with Crippen LogP contribution in [0.1, 0.15) is 17.8 Å². The van der Waals surface area contributed by atoms with E-state index in [4.69, 9.17) is 5.14 Å². The van der Waals surface area contributed by atoms with E-state index in [1.54, 1.807) is 6.92 Å². The zero-order valence-corrected chi connectivity index (χ0v) is 12.4. The van der Waals surface area contributed by atoms with E-state index in [0.29, 0.717) is 4.88 Å². The van der Waals surface area contributed by atoms with E-state index in [-0.39, 0.29) is 4.21 Å². The van der Waals surface area contributed by atoms with Gasteiger partial charge in [-0.2, -0.15) is 13.2 Å². The van der Waals surface area contributed by atoms with Crippen LogP contribution < -0.4 is 10.5 Å². The number of ether oxygens (including phenoxy) is 1. The zero-order chi connectivity index (χ0) is 16.3. The Morgan fingerprint density at radius 3 is 2.57 bits per heavy atom. The molecule has 1 unspecified atom stereocenters. The summed E-state index contributed by atoms with van der Waals surface area (Å²) in [5, 5.41) is 7.34. The average Bonchev–Trinajstić information content (AvgIpc) is 2.75. The fourth-order valence-corrected chi connectivity index (χ4v) is 3.08. The summed E-state index contributed by atoms with van der Waals surface area (Å²) >= 11 is 0.870. The highest BCUT2D eigenvalue weighted by Gasteiger charge is 2.28. The van der Waals surface area contributed by atoms with Crippen LogP contribution in [0.25, 0.3) is 0 Å². The number of hydrogen-bond donors (Lipinski definition) is 2. The molecule has 1 heterocycles. The number of alkyl halides is 3. The van der Waals surface area contributed by atoms with Crippen LogP contribution in [0, 0.1) is 0 Å². The highest BCUT2D eigenvalue weighted by molar-refractivity contribution is 7.91. The van der Waals surface area contributed by atoms with Crippen molar-refractivity contribution in [3.05, 3.63) is 17.0 Å². The van der Waals surface area contributed by atoms with Gasteiger partial charge in [0.25, 0.3) is 0 Å². The van der Waals surface area contributed by atoms with Gasteiger partial charge in [-0.05, 0) is 19.1 Å². The first-order chi connectivity index (χ1) is 9.49. The molecule has 0 aliphatic rings. The molecule has 1 aromatic heterocycles. The molecule has 0 saturated carbocycles. The number of rotatable bonds is 6. The fourth-order valence-electron chi connectivity index (χ4n) is 1.33. The van der Waals surface area contributed by atoms with E-state index in [1.807, 2.05) is 0 Å². The monoisotopic (exact) mass is 346 g/mol. The highest BCUT2D eigenvalue weighted by atomic mass is 32.2. The Labute approximate surface area is 123 Å². The smallest absolute Gasteiger partial charge is 0.362 e. The van der Waals surface area contributed by atoms with Crippen LogP contribution in [0.5, 0.6) is 0 Å². The van der Waals surface area contributed by atoms with Crippen molar-refractivity contribution in [2.75, 3.05) is 13.2 Å². The number of carbonyl (C=O) groups excluding carboxylic acids is 1. The van der Waals surface area contributed by atoms with Gasteiger partial charge in [-0.1, -0.05) is 0 Å². The second kappa shape index (κ2) is 6.73. The molecule has 0 spiro atoms. The van der Waals surface area contributed by atoms with Crippen LogP contribution in [0.15, 0.2) is 16.3 Å². The Morgan fingerprint density at radius 1 is 1.48 bits per heavy atom. The van der Waals surface area contributed by atoms with Crippen LogP contribution in [0.4, 0.5) is 13.2 Å². The van der Waals surface area contributed by atoms with E-state index < -0.39 is 41.4 Å². The molecule has 0 fully saturated rings. The minimum Gasteiger partial charge on any atom is -0.362 e. The lowest BCUT2D eigenvalue weighted by atomic mass is 10.3. The Kier molecular flexibility index (Phi) is 5.73. The Morgan fingerprint density at radius 2 is 2.10 bits per heavy atom. The lowest BCUT2D eigenvalue weighted by molar-refractivity contribution is -0.175. The fraction of sp³-hybridized carbons (Fsp3) is 0.500. The summed E-state index contributed by atoms with van der Waals surface area (Å²) in [7, 11) is -3.82. The lowest BCUT2D eigenvalue weighted by Gasteiger charge is -2.13. The number of nitrogens with one attached hydrogen (secondary N) is 1. The number of thiophene rings is 1. The molecule has 6 nitrogen and oxygen atoms in total. The van der Waals surface area contributed by atoms with Crippen molar-refractivity contribution in [2.45, 2.75) is 23.4 Å². The summed E-state index contributed by atoms with van der Waals surface area (Å²) in [5.41, 5.74) is 0. The molecular weight excluding hydrogens is 333 g/mol. The molecule has 120 valence electrons. The standard InChI is InChI=1S/C10H13F3N2O4S2/c1-6(7-2-3-9(20-7)21(14,17)18)15-8(16)4-19-5-10(11,12)13/h2-3,6H,4-5H2,1H3,(H,15,16)(H2,14,17,18). The van der Waals surface area contributed by atoms with Crippen molar-refractivity contribution in [1.29, 1.82) is 0 Å². The van der Waals surface area contributed by atoms with E-state index in [2.05, 4.69) is 10.1 Å². The minimum absolute atomic E-state index is 0.0630. The minimum atomic E-state index is -4.50. The highest BCUT2D eigenvalue weighted by Crippen LogP contribution is 2.25. The summed E-state index contributed by atoms with van der Waals surface area (Å²) in [6.07, 6.45) is -4.50. The molecule has 0 aliphatic heterocycles. The molecule has 21 heavy (non-hydrogen) atoms. The van der Waals surface area contributed by atoms with Crippen molar-refractivity contribution in [3.8, 4) is 0 Å². The van der Waals surface area contributed by atoms with Crippen molar-refractivity contribution >= 4 is 27.3 Å². The Balaban J connectivity index is 2.51. The van der Waals surface area contributed by atoms with Crippen molar-refractivity contribution in [1.82, 2.24) is 5.32 Å². The van der Waals surface area contributed by atoms with Gasteiger partial charge in [-0.25, -0.2) is 13.6 Å². The van der Waals surface area contributed by atoms with Crippen LogP contribution in [-0.2, 0) is 19.6 Å². The number of amides is 1. The number of sulfonamides is 1. The first-order valence-electron chi connectivity index (χ1n) is 5.55. The van der Waals surface area contributed by atoms with Crippen molar-refractivity contribution in [2.24, 2.45) is 5.14 Å². The first kappa shape index (κ1) is 17.9. The number of nitrogens with two attached hydrogens (primary N) is 1. The molecule has 0 radical (unpaired) electrons. The van der Waals surface area contributed by atoms with E-state index >= 15 is 0 Å². The summed E-state index contributed by atoms with van der Waals surface area (Å²) in [5.74, 6) is -0.739. The largest absolute Gasteiger partial charge is 0.411 e. The summed E-state index contributed by atoms with van der Waals surface area (Å²) < 4.78 is 61.8. The predicted molar refractivity (Wildman–Crippen MR) is 69.1 cm³/mol. The Hall–Kier alpha value is -1.17. The van der Waals surface area contributed by atoms with Crippen molar-refractivity contribution < 1.29 is 31.1 Å². The van der Waals surface area contributed by atoms with Gasteiger partial charge >= 0.3 is 6.18 Å². The molecule has 3 N–H and O–H groups in total. The second-order valence-electron chi connectivity index (χ2n) is 4.10. The van der Waals surface area contributed by atoms with Gasteiger partial charge in [-0.15, -0.1) is 11.3 Å². The third kappa shape index (κ3) is 6.42. The lowest BCUT2D eigenvalue weighted by Crippen LogP contribution is -2.31. The van der Waals surface area contributed by atoms with Gasteiger partial charge in [0, 0.05) is 4.88 Å². The summed E-state index contributed by atoms with van der Waals surface area (Å²) in [6.45, 7) is -0.693. The van der Waals surface area contributed by atoms with Gasteiger partial charge in [0.2, 0.25) is 15.9 Å². The maximum absolute atomic E-state index is 11.8. The van der Waals surface area contributed by atoms with Crippen LogP contribution in [0.2, 0.25) is 0 Å². The second-order valence-corrected chi connectivity index (χ2v) is 7.00. The third-order valence-electron chi connectivity index (χ3n) is 2.19. The van der Waals surface area contributed by atoms with E-state index in [1.165, 1.54) is 12.1 Å². The first-order valence-corrected chi connectivity index (χ1v) is 7.92. The zero-order valence-electron chi connectivity index (χ0n) is 10.8. The van der Waals surface area contributed by atoms with Gasteiger partial charge in [0.15, 0.2) is 0 Å². The quantitative estimate of drug-likeness (QED) is 0.807. The van der Waals surface area contributed by atoms with Crippen LogP contribution in [0.3, 0.4) is 0 Å². The predicted octanol–water partition coefficient (Wildman–Crippen LogP) is 1.15. The van der Waals surface area contributed by atoms with E-state index in [9.17, 15) is 26.4 Å². The van der Waals surface area contributed by atoms with Gasteiger partial charge in [0.1, 0.15) is 17.4 Å². The molecule has 1 aromatic rings. The third-order valence-corrected chi connectivity index (χ3v) is 4.89. The normalized spacial score (nSPS) is 14.0. The number of primary sulfonamides is 1. The number of hydrogen-bond acceptors (Lipinski definition) is 5.